The fourth-order valence-corrected chi connectivity index (χ4v) is 6.00. The van der Waals surface area contributed by atoms with Crippen molar-refractivity contribution in [3.63, 3.8) is 0 Å². The number of nitrogens with two attached hydrogens (primary N) is 1. The van der Waals surface area contributed by atoms with E-state index in [9.17, 15) is 18.4 Å². The zero-order chi connectivity index (χ0) is 31.4. The monoisotopic (exact) mass is 606 g/mol. The van der Waals surface area contributed by atoms with Crippen molar-refractivity contribution in [1.29, 1.82) is 0 Å². The number of amides is 2. The minimum absolute atomic E-state index is 0.0195. The van der Waals surface area contributed by atoms with E-state index >= 15 is 0 Å². The van der Waals surface area contributed by atoms with Gasteiger partial charge >= 0.3 is 12.7 Å². The van der Waals surface area contributed by atoms with Crippen LogP contribution in [0.15, 0.2) is 67.1 Å². The molecule has 232 valence electrons. The summed E-state index contributed by atoms with van der Waals surface area (Å²) >= 11 is 0. The van der Waals surface area contributed by atoms with Gasteiger partial charge in [0.05, 0.1) is 18.5 Å². The molecule has 4 aromatic rings. The van der Waals surface area contributed by atoms with E-state index in [1.165, 1.54) is 12.1 Å². The minimum atomic E-state index is -2.88. The fourth-order valence-electron chi connectivity index (χ4n) is 6.00. The number of benzene rings is 2. The molecule has 0 saturated carbocycles. The van der Waals surface area contributed by atoms with Crippen LogP contribution in [0, 0.1) is 17.3 Å². The summed E-state index contributed by atoms with van der Waals surface area (Å²) in [4.78, 5) is 34.9. The number of carbonyl (C=O) groups excluding carboxylic acids is 2. The minimum Gasteiger partial charge on any atom is -0.450 e. The number of ether oxygens (including phenoxy) is 2. The lowest BCUT2D eigenvalue weighted by molar-refractivity contribution is -0.117. The first-order valence-corrected chi connectivity index (χ1v) is 14.5. The van der Waals surface area contributed by atoms with Crippen LogP contribution >= 0.6 is 0 Å². The molecule has 2 aromatic heterocycles. The van der Waals surface area contributed by atoms with Gasteiger partial charge < -0.3 is 25.4 Å². The predicted octanol–water partition coefficient (Wildman–Crippen LogP) is 6.63. The summed E-state index contributed by atoms with van der Waals surface area (Å²) in [5.41, 5.74) is 8.80. The molecule has 2 atom stereocenters. The molecule has 2 unspecified atom stereocenters. The van der Waals surface area contributed by atoms with Crippen molar-refractivity contribution in [2.45, 2.75) is 46.6 Å². The normalized spacial score (nSPS) is 16.0. The molecule has 1 saturated heterocycles. The highest BCUT2D eigenvalue weighted by atomic mass is 19.3. The summed E-state index contributed by atoms with van der Waals surface area (Å²) < 4.78 is 36.2. The van der Waals surface area contributed by atoms with E-state index in [2.05, 4.69) is 40.8 Å². The Balaban J connectivity index is 1.27. The second-order valence-electron chi connectivity index (χ2n) is 11.9. The molecule has 10 nitrogen and oxygen atoms in total. The van der Waals surface area contributed by atoms with Gasteiger partial charge in [0.15, 0.2) is 11.5 Å². The molecule has 1 aliphatic heterocycles. The van der Waals surface area contributed by atoms with E-state index < -0.39 is 12.7 Å². The van der Waals surface area contributed by atoms with Gasteiger partial charge in [0.2, 0.25) is 5.91 Å². The van der Waals surface area contributed by atoms with Crippen LogP contribution in [-0.2, 0) is 9.53 Å². The lowest BCUT2D eigenvalue weighted by atomic mass is 9.70. The van der Waals surface area contributed by atoms with Crippen molar-refractivity contribution in [1.82, 2.24) is 14.4 Å². The summed E-state index contributed by atoms with van der Waals surface area (Å²) in [6, 6.07) is 14.0. The zero-order valence-corrected chi connectivity index (χ0v) is 24.9. The van der Waals surface area contributed by atoms with Crippen LogP contribution in [0.25, 0.3) is 16.9 Å². The number of carbonyl (C=O) groups is 2. The van der Waals surface area contributed by atoms with Gasteiger partial charge in [-0.2, -0.15) is 8.78 Å². The van der Waals surface area contributed by atoms with E-state index in [1.807, 2.05) is 33.6 Å². The Kier molecular flexibility index (Phi) is 8.98. The maximum Gasteiger partial charge on any atom is 0.404 e. The Labute approximate surface area is 254 Å². The molecule has 1 fully saturated rings. The molecule has 2 aromatic carbocycles. The molecule has 0 aliphatic carbocycles. The third-order valence-corrected chi connectivity index (χ3v) is 7.99. The van der Waals surface area contributed by atoms with Crippen molar-refractivity contribution in [2.75, 3.05) is 23.4 Å². The van der Waals surface area contributed by atoms with E-state index in [4.69, 9.17) is 10.5 Å². The number of nitrogens with zero attached hydrogens (tertiary/aromatic N) is 4. The number of alkyl halides is 2. The number of nitrogens with one attached hydrogen (secondary N) is 1. The average Bonchev–Trinajstić information content (AvgIpc) is 3.57. The maximum atomic E-state index is 13.1. The van der Waals surface area contributed by atoms with Gasteiger partial charge in [-0.1, -0.05) is 20.8 Å². The number of fused-ring (bicyclic) bond motifs is 1. The fraction of sp³-hybridized carbons (Fsp3) is 0.375. The van der Waals surface area contributed by atoms with Gasteiger partial charge in [-0.05, 0) is 78.6 Å². The summed E-state index contributed by atoms with van der Waals surface area (Å²) in [5, 5.41) is 3.31. The predicted molar refractivity (Wildman–Crippen MR) is 163 cm³/mol. The Morgan fingerprint density at radius 2 is 1.84 bits per heavy atom. The highest BCUT2D eigenvalue weighted by molar-refractivity contribution is 5.96. The highest BCUT2D eigenvalue weighted by Gasteiger charge is 2.40. The zero-order valence-electron chi connectivity index (χ0n) is 24.9. The first kappa shape index (κ1) is 30.7. The molecule has 1 aliphatic rings. The number of hydrogen-bond acceptors (Lipinski definition) is 7. The Hall–Kier alpha value is -4.74. The van der Waals surface area contributed by atoms with Crippen LogP contribution in [-0.4, -0.2) is 46.1 Å². The molecule has 0 radical (unpaired) electrons. The Morgan fingerprint density at radius 1 is 1.11 bits per heavy atom. The van der Waals surface area contributed by atoms with E-state index in [0.717, 1.165) is 29.1 Å². The third-order valence-electron chi connectivity index (χ3n) is 7.99. The van der Waals surface area contributed by atoms with Crippen molar-refractivity contribution in [3.05, 3.63) is 67.1 Å². The number of anilines is 3. The highest BCUT2D eigenvalue weighted by Crippen LogP contribution is 2.41. The smallest absolute Gasteiger partial charge is 0.404 e. The number of aromatic nitrogens is 3. The number of imidazole rings is 1. The number of halogens is 2. The Morgan fingerprint density at radius 3 is 2.50 bits per heavy atom. The molecule has 2 amide bonds. The van der Waals surface area contributed by atoms with Crippen LogP contribution in [0.3, 0.4) is 0 Å². The molecular formula is C32H36F2N6O4. The van der Waals surface area contributed by atoms with Crippen LogP contribution in [0.5, 0.6) is 5.75 Å². The first-order chi connectivity index (χ1) is 21.0. The second-order valence-corrected chi connectivity index (χ2v) is 11.9. The largest absolute Gasteiger partial charge is 0.450 e. The standard InChI is InChI=1S/C32H36F2N6O4/c1-32(2,3)25(5-4-16-43-31(35)42)21-17-27(41)40(19-21)23-10-8-22(9-11-23)38-28-29-37-18-26(39(29)15-14-36-28)20-6-12-24(13-7-20)44-30(33)34/h6-15,18,21,25,30H,4-5,16-17,19H2,1-3H3,(H2,35,42)(H,36,38). The van der Waals surface area contributed by atoms with E-state index in [-0.39, 0.29) is 35.5 Å². The molecular weight excluding hydrogens is 570 g/mol. The van der Waals surface area contributed by atoms with E-state index in [1.54, 1.807) is 30.7 Å². The van der Waals surface area contributed by atoms with Crippen LogP contribution in [0.4, 0.5) is 30.8 Å². The topological polar surface area (TPSA) is 124 Å². The first-order valence-electron chi connectivity index (χ1n) is 14.5. The van der Waals surface area contributed by atoms with Crippen molar-refractivity contribution >= 4 is 34.8 Å². The van der Waals surface area contributed by atoms with Gasteiger partial charge in [0.1, 0.15) is 5.75 Å². The Bertz CT molecular complexity index is 1600. The van der Waals surface area contributed by atoms with Crippen molar-refractivity contribution < 1.29 is 27.8 Å². The van der Waals surface area contributed by atoms with E-state index in [0.29, 0.717) is 30.9 Å². The second kappa shape index (κ2) is 12.9. The van der Waals surface area contributed by atoms with Gasteiger partial charge in [0.25, 0.3) is 0 Å². The van der Waals surface area contributed by atoms with Crippen LogP contribution in [0.2, 0.25) is 0 Å². The molecule has 3 N–H and O–H groups in total. The summed E-state index contributed by atoms with van der Waals surface area (Å²) in [7, 11) is 0. The average molecular weight is 607 g/mol. The number of rotatable bonds is 11. The third kappa shape index (κ3) is 7.07. The van der Waals surface area contributed by atoms with Gasteiger partial charge in [-0.25, -0.2) is 14.8 Å². The SMILES string of the molecule is CC(C)(C)C(CCCOC(N)=O)C1CC(=O)N(c2ccc(Nc3nccn4c(-c5ccc(OC(F)F)cc5)cnc34)cc2)C1. The lowest BCUT2D eigenvalue weighted by Gasteiger charge is -2.35. The molecule has 0 bridgehead atoms. The van der Waals surface area contributed by atoms with Crippen LogP contribution < -0.4 is 20.7 Å². The molecule has 12 heteroatoms. The lowest BCUT2D eigenvalue weighted by Crippen LogP contribution is -2.31. The summed E-state index contributed by atoms with van der Waals surface area (Å²) in [6.07, 6.45) is 6.34. The van der Waals surface area contributed by atoms with Gasteiger partial charge in [-0.15, -0.1) is 0 Å². The number of primary amides is 1. The van der Waals surface area contributed by atoms with Crippen LogP contribution in [0.1, 0.15) is 40.0 Å². The van der Waals surface area contributed by atoms with Crippen molar-refractivity contribution in [2.24, 2.45) is 23.0 Å². The molecule has 44 heavy (non-hydrogen) atoms. The maximum absolute atomic E-state index is 13.1. The van der Waals surface area contributed by atoms with Gasteiger partial charge in [-0.3, -0.25) is 9.20 Å². The quantitative estimate of drug-likeness (QED) is 0.184. The number of hydrogen-bond donors (Lipinski definition) is 2. The van der Waals surface area contributed by atoms with Gasteiger partial charge in [0, 0.05) is 42.3 Å². The summed E-state index contributed by atoms with van der Waals surface area (Å²) in [5.74, 6) is 1.15. The summed E-state index contributed by atoms with van der Waals surface area (Å²) in [6.45, 7) is 4.55. The molecule has 5 rings (SSSR count). The molecule has 3 heterocycles. The van der Waals surface area contributed by atoms with Crippen molar-refractivity contribution in [3.8, 4) is 17.0 Å². The molecule has 0 spiro atoms.